The van der Waals surface area contributed by atoms with Gasteiger partial charge in [-0.15, -0.1) is 0 Å². The van der Waals surface area contributed by atoms with E-state index in [1.807, 2.05) is 31.2 Å². The van der Waals surface area contributed by atoms with Crippen LogP contribution in [0.25, 0.3) is 10.9 Å². The lowest BCUT2D eigenvalue weighted by Gasteiger charge is -2.26. The molecule has 1 aromatic heterocycles. The zero-order chi connectivity index (χ0) is 14.1. The minimum absolute atomic E-state index is 0.0186. The van der Waals surface area contributed by atoms with Gasteiger partial charge in [0.15, 0.2) is 0 Å². The molecule has 1 fully saturated rings. The molecule has 1 aliphatic rings. The predicted molar refractivity (Wildman–Crippen MR) is 77.4 cm³/mol. The minimum atomic E-state index is -0.0379. The van der Waals surface area contributed by atoms with Crippen LogP contribution in [0.3, 0.4) is 0 Å². The van der Waals surface area contributed by atoms with Crippen LogP contribution in [0.1, 0.15) is 11.3 Å². The third kappa shape index (κ3) is 2.26. The van der Waals surface area contributed by atoms with Gasteiger partial charge in [0.05, 0.1) is 23.7 Å². The van der Waals surface area contributed by atoms with Crippen molar-refractivity contribution >= 4 is 22.5 Å². The molecule has 0 unspecified atom stereocenters. The van der Waals surface area contributed by atoms with Gasteiger partial charge in [-0.25, -0.2) is 0 Å². The fourth-order valence-corrected chi connectivity index (χ4v) is 2.40. The number of nitrogens with one attached hydrogen (secondary N) is 2. The van der Waals surface area contributed by atoms with Crippen molar-refractivity contribution < 1.29 is 9.90 Å². The number of pyridine rings is 1. The van der Waals surface area contributed by atoms with E-state index in [0.717, 1.165) is 35.2 Å². The molecular weight excluding hydrogens is 254 g/mol. The van der Waals surface area contributed by atoms with Gasteiger partial charge in [-0.1, -0.05) is 12.1 Å². The number of nitrogens with zero attached hydrogens (tertiary/aromatic N) is 1. The number of carbonyl (C=O) groups is 1. The highest BCUT2D eigenvalue weighted by atomic mass is 16.3. The molecule has 0 radical (unpaired) electrons. The lowest BCUT2D eigenvalue weighted by molar-refractivity contribution is -0.121. The number of hydrogen-bond donors (Lipinski definition) is 3. The number of anilines is 1. The minimum Gasteiger partial charge on any atom is -0.392 e. The van der Waals surface area contributed by atoms with Gasteiger partial charge in [0.2, 0.25) is 5.91 Å². The second-order valence-electron chi connectivity index (χ2n) is 5.13. The molecule has 0 aliphatic carbocycles. The number of aryl methyl sites for hydroxylation is 1. The Morgan fingerprint density at radius 3 is 2.95 bits per heavy atom. The number of fused-ring (bicyclic) bond motifs is 1. The molecule has 1 aromatic carbocycles. The van der Waals surface area contributed by atoms with Crippen LogP contribution in [0.2, 0.25) is 0 Å². The topological polar surface area (TPSA) is 74.2 Å². The van der Waals surface area contributed by atoms with E-state index in [4.69, 9.17) is 0 Å². The van der Waals surface area contributed by atoms with Gasteiger partial charge in [0.1, 0.15) is 0 Å². The van der Waals surface area contributed by atoms with E-state index in [1.54, 1.807) is 0 Å². The molecule has 2 aromatic rings. The predicted octanol–water partition coefficient (Wildman–Crippen LogP) is 1.19. The summed E-state index contributed by atoms with van der Waals surface area (Å²) in [5.41, 5.74) is 3.09. The first-order chi connectivity index (χ1) is 9.69. The van der Waals surface area contributed by atoms with E-state index in [1.165, 1.54) is 0 Å². The quantitative estimate of drug-likeness (QED) is 0.784. The number of aromatic nitrogens is 1. The summed E-state index contributed by atoms with van der Waals surface area (Å²) < 4.78 is 0. The van der Waals surface area contributed by atoms with Crippen molar-refractivity contribution in [3.05, 3.63) is 35.5 Å². The van der Waals surface area contributed by atoms with Gasteiger partial charge >= 0.3 is 0 Å². The van der Waals surface area contributed by atoms with Crippen LogP contribution in [0.4, 0.5) is 5.69 Å². The second-order valence-corrected chi connectivity index (χ2v) is 5.13. The molecular formula is C15H17N3O2. The molecule has 0 spiro atoms. The number of hydrogen-bond acceptors (Lipinski definition) is 4. The Labute approximate surface area is 117 Å². The number of benzene rings is 1. The summed E-state index contributed by atoms with van der Waals surface area (Å²) in [4.78, 5) is 16.5. The summed E-state index contributed by atoms with van der Waals surface area (Å²) in [6.07, 6.45) is 0. The van der Waals surface area contributed by atoms with Crippen LogP contribution >= 0.6 is 0 Å². The first-order valence-electron chi connectivity index (χ1n) is 6.70. The molecule has 0 bridgehead atoms. The second kappa shape index (κ2) is 5.19. The molecule has 1 amide bonds. The summed E-state index contributed by atoms with van der Waals surface area (Å²) in [5, 5.41) is 16.3. The molecule has 5 nitrogen and oxygen atoms in total. The van der Waals surface area contributed by atoms with Crippen molar-refractivity contribution in [1.82, 2.24) is 10.3 Å². The Balaban J connectivity index is 2.02. The molecule has 3 N–H and O–H groups in total. The highest BCUT2D eigenvalue weighted by Crippen LogP contribution is 2.26. The molecule has 0 atom stereocenters. The van der Waals surface area contributed by atoms with Gasteiger partial charge in [-0.3, -0.25) is 9.78 Å². The molecule has 3 rings (SSSR count). The SMILES string of the molecule is Cc1cc(CO)c2cccc(NC(=O)C3CNC3)c2n1. The molecule has 104 valence electrons. The zero-order valence-corrected chi connectivity index (χ0v) is 11.3. The Bertz CT molecular complexity index is 665. The van der Waals surface area contributed by atoms with Gasteiger partial charge in [-0.05, 0) is 24.6 Å². The van der Waals surface area contributed by atoms with Crippen molar-refractivity contribution in [3.8, 4) is 0 Å². The van der Waals surface area contributed by atoms with Crippen molar-refractivity contribution in [2.45, 2.75) is 13.5 Å². The summed E-state index contributed by atoms with van der Waals surface area (Å²) in [6, 6.07) is 7.49. The number of para-hydroxylation sites is 1. The van der Waals surface area contributed by atoms with Crippen molar-refractivity contribution in [3.63, 3.8) is 0 Å². The van der Waals surface area contributed by atoms with E-state index in [2.05, 4.69) is 15.6 Å². The van der Waals surface area contributed by atoms with E-state index in [0.29, 0.717) is 5.69 Å². The van der Waals surface area contributed by atoms with Gasteiger partial charge in [0.25, 0.3) is 0 Å². The lowest BCUT2D eigenvalue weighted by Crippen LogP contribution is -2.48. The van der Waals surface area contributed by atoms with Crippen LogP contribution in [-0.4, -0.2) is 29.1 Å². The Morgan fingerprint density at radius 1 is 1.50 bits per heavy atom. The average molecular weight is 271 g/mol. The number of aliphatic hydroxyl groups is 1. The molecule has 2 heterocycles. The van der Waals surface area contributed by atoms with E-state index >= 15 is 0 Å². The van der Waals surface area contributed by atoms with E-state index < -0.39 is 0 Å². The Hall–Kier alpha value is -1.98. The van der Waals surface area contributed by atoms with Gasteiger partial charge in [0, 0.05) is 24.2 Å². The fraction of sp³-hybridized carbons (Fsp3) is 0.333. The van der Waals surface area contributed by atoms with Crippen LogP contribution < -0.4 is 10.6 Å². The van der Waals surface area contributed by atoms with Crippen LogP contribution in [0, 0.1) is 12.8 Å². The largest absolute Gasteiger partial charge is 0.392 e. The van der Waals surface area contributed by atoms with Crippen molar-refractivity contribution in [1.29, 1.82) is 0 Å². The monoisotopic (exact) mass is 271 g/mol. The highest BCUT2D eigenvalue weighted by molar-refractivity contribution is 6.02. The summed E-state index contributed by atoms with van der Waals surface area (Å²) in [5.74, 6) is 0.0532. The molecule has 20 heavy (non-hydrogen) atoms. The standard InChI is InChI=1S/C15H17N3O2/c1-9-5-10(8-19)12-3-2-4-13(14(12)17-9)18-15(20)11-6-16-7-11/h2-5,11,16,19H,6-8H2,1H3,(H,18,20). The maximum Gasteiger partial charge on any atom is 0.230 e. The van der Waals surface area contributed by atoms with Crippen molar-refractivity contribution in [2.24, 2.45) is 5.92 Å². The molecule has 1 saturated heterocycles. The number of rotatable bonds is 3. The normalized spacial score (nSPS) is 15.1. The number of aliphatic hydroxyl groups excluding tert-OH is 1. The van der Waals surface area contributed by atoms with Crippen LogP contribution in [-0.2, 0) is 11.4 Å². The maximum atomic E-state index is 12.0. The maximum absolute atomic E-state index is 12.0. The Kier molecular flexibility index (Phi) is 3.38. The summed E-state index contributed by atoms with van der Waals surface area (Å²) >= 11 is 0. The van der Waals surface area contributed by atoms with Gasteiger partial charge in [-0.2, -0.15) is 0 Å². The van der Waals surface area contributed by atoms with Gasteiger partial charge < -0.3 is 15.7 Å². The first kappa shape index (κ1) is 13.0. The van der Waals surface area contributed by atoms with E-state index in [-0.39, 0.29) is 18.4 Å². The third-order valence-corrected chi connectivity index (χ3v) is 3.63. The van der Waals surface area contributed by atoms with E-state index in [9.17, 15) is 9.90 Å². The fourth-order valence-electron chi connectivity index (χ4n) is 2.40. The summed E-state index contributed by atoms with van der Waals surface area (Å²) in [7, 11) is 0. The van der Waals surface area contributed by atoms with Crippen LogP contribution in [0.15, 0.2) is 24.3 Å². The highest BCUT2D eigenvalue weighted by Gasteiger charge is 2.25. The molecule has 1 aliphatic heterocycles. The smallest absolute Gasteiger partial charge is 0.230 e. The first-order valence-corrected chi connectivity index (χ1v) is 6.70. The number of carbonyl (C=O) groups excluding carboxylic acids is 1. The Morgan fingerprint density at radius 2 is 2.30 bits per heavy atom. The van der Waals surface area contributed by atoms with Crippen molar-refractivity contribution in [2.75, 3.05) is 18.4 Å². The average Bonchev–Trinajstić information content (AvgIpc) is 2.36. The summed E-state index contributed by atoms with van der Waals surface area (Å²) in [6.45, 7) is 3.30. The molecule has 0 saturated carbocycles. The third-order valence-electron chi connectivity index (χ3n) is 3.63. The van der Waals surface area contributed by atoms with Crippen LogP contribution in [0.5, 0.6) is 0 Å². The molecule has 5 heteroatoms. The number of amides is 1. The lowest BCUT2D eigenvalue weighted by atomic mass is 10.0. The zero-order valence-electron chi connectivity index (χ0n) is 11.3.